The standard InChI is InChI=1S/C8H8Cl2FN/c9-6-3-1-2-5(8(6)10)7(12)4-11/h1-3,7H,4,12H2. The highest BCUT2D eigenvalue weighted by Crippen LogP contribution is 2.28. The SMILES string of the molecule is NC(CF)c1cccc(Cl)c1Cl. The summed E-state index contributed by atoms with van der Waals surface area (Å²) in [6.07, 6.45) is 0. The Morgan fingerprint density at radius 2 is 2.08 bits per heavy atom. The van der Waals surface area contributed by atoms with E-state index in [9.17, 15) is 4.39 Å². The quantitative estimate of drug-likeness (QED) is 0.794. The third kappa shape index (κ3) is 1.89. The molecule has 0 fully saturated rings. The molecule has 1 rings (SSSR count). The summed E-state index contributed by atoms with van der Waals surface area (Å²) >= 11 is 11.5. The van der Waals surface area contributed by atoms with Gasteiger partial charge >= 0.3 is 0 Å². The molecule has 1 atom stereocenters. The summed E-state index contributed by atoms with van der Waals surface area (Å²) in [5, 5.41) is 0.738. The Balaban J connectivity index is 3.07. The molecule has 0 bridgehead atoms. The van der Waals surface area contributed by atoms with Crippen molar-refractivity contribution in [2.24, 2.45) is 5.73 Å². The van der Waals surface area contributed by atoms with Crippen LogP contribution in [0.1, 0.15) is 11.6 Å². The maximum Gasteiger partial charge on any atom is 0.109 e. The van der Waals surface area contributed by atoms with Crippen LogP contribution < -0.4 is 5.73 Å². The van der Waals surface area contributed by atoms with E-state index < -0.39 is 12.7 Å². The predicted molar refractivity (Wildman–Crippen MR) is 49.4 cm³/mol. The average molecular weight is 208 g/mol. The average Bonchev–Trinajstić information content (AvgIpc) is 2.08. The van der Waals surface area contributed by atoms with Crippen LogP contribution in [0.15, 0.2) is 18.2 Å². The molecule has 1 aromatic carbocycles. The van der Waals surface area contributed by atoms with Gasteiger partial charge in [-0.1, -0.05) is 35.3 Å². The molecule has 0 saturated heterocycles. The van der Waals surface area contributed by atoms with Gasteiger partial charge in [0, 0.05) is 0 Å². The van der Waals surface area contributed by atoms with Crippen LogP contribution in [0.4, 0.5) is 4.39 Å². The molecule has 1 aromatic rings. The number of rotatable bonds is 2. The second-order valence-corrected chi connectivity index (χ2v) is 3.19. The zero-order chi connectivity index (χ0) is 9.14. The van der Waals surface area contributed by atoms with Gasteiger partial charge in [-0.05, 0) is 11.6 Å². The van der Waals surface area contributed by atoms with Gasteiger partial charge in [-0.25, -0.2) is 4.39 Å². The molecule has 0 radical (unpaired) electrons. The van der Waals surface area contributed by atoms with E-state index in [2.05, 4.69) is 0 Å². The van der Waals surface area contributed by atoms with Crippen LogP contribution >= 0.6 is 23.2 Å². The summed E-state index contributed by atoms with van der Waals surface area (Å²) in [6.45, 7) is -0.639. The van der Waals surface area contributed by atoms with Gasteiger partial charge in [-0.2, -0.15) is 0 Å². The second kappa shape index (κ2) is 4.08. The molecule has 0 aliphatic carbocycles. The van der Waals surface area contributed by atoms with Crippen molar-refractivity contribution in [3.8, 4) is 0 Å². The highest BCUT2D eigenvalue weighted by molar-refractivity contribution is 6.42. The number of alkyl halides is 1. The minimum Gasteiger partial charge on any atom is -0.322 e. The molecule has 0 aliphatic rings. The van der Waals surface area contributed by atoms with Gasteiger partial charge in [0.1, 0.15) is 6.67 Å². The van der Waals surface area contributed by atoms with Crippen molar-refractivity contribution in [2.75, 3.05) is 6.67 Å². The normalized spacial score (nSPS) is 13.0. The van der Waals surface area contributed by atoms with Crippen LogP contribution in [0, 0.1) is 0 Å². The Kier molecular flexibility index (Phi) is 3.32. The van der Waals surface area contributed by atoms with Crippen molar-refractivity contribution in [2.45, 2.75) is 6.04 Å². The van der Waals surface area contributed by atoms with Crippen LogP contribution in [0.3, 0.4) is 0 Å². The summed E-state index contributed by atoms with van der Waals surface area (Å²) in [4.78, 5) is 0. The number of benzene rings is 1. The molecule has 12 heavy (non-hydrogen) atoms. The Morgan fingerprint density at radius 1 is 1.42 bits per heavy atom. The van der Waals surface area contributed by atoms with Crippen molar-refractivity contribution in [3.63, 3.8) is 0 Å². The van der Waals surface area contributed by atoms with Crippen molar-refractivity contribution in [1.29, 1.82) is 0 Å². The van der Waals surface area contributed by atoms with Gasteiger partial charge in [0.05, 0.1) is 16.1 Å². The molecular weight excluding hydrogens is 200 g/mol. The predicted octanol–water partition coefficient (Wildman–Crippen LogP) is 2.96. The lowest BCUT2D eigenvalue weighted by Crippen LogP contribution is -2.12. The van der Waals surface area contributed by atoms with Gasteiger partial charge in [-0.3, -0.25) is 0 Å². The number of nitrogens with two attached hydrogens (primary N) is 1. The van der Waals surface area contributed by atoms with Crippen LogP contribution in [0.25, 0.3) is 0 Å². The fourth-order valence-electron chi connectivity index (χ4n) is 0.890. The zero-order valence-corrected chi connectivity index (χ0v) is 7.74. The maximum atomic E-state index is 12.2. The van der Waals surface area contributed by atoms with Crippen LogP contribution in [-0.4, -0.2) is 6.67 Å². The van der Waals surface area contributed by atoms with E-state index in [1.807, 2.05) is 0 Å². The van der Waals surface area contributed by atoms with Gasteiger partial charge in [-0.15, -0.1) is 0 Å². The first kappa shape index (κ1) is 9.78. The molecule has 0 aromatic heterocycles. The van der Waals surface area contributed by atoms with E-state index in [4.69, 9.17) is 28.9 Å². The Hall–Kier alpha value is -0.310. The second-order valence-electron chi connectivity index (χ2n) is 2.40. The van der Waals surface area contributed by atoms with Gasteiger partial charge in [0.2, 0.25) is 0 Å². The lowest BCUT2D eigenvalue weighted by atomic mass is 10.1. The molecule has 0 spiro atoms. The largest absolute Gasteiger partial charge is 0.322 e. The molecule has 0 saturated carbocycles. The van der Waals surface area contributed by atoms with E-state index in [0.29, 0.717) is 15.6 Å². The minimum absolute atomic E-state index is 0.337. The van der Waals surface area contributed by atoms with Crippen LogP contribution in [0.2, 0.25) is 10.0 Å². The fourth-order valence-corrected chi connectivity index (χ4v) is 1.34. The smallest absolute Gasteiger partial charge is 0.109 e. The summed E-state index contributed by atoms with van der Waals surface area (Å²) in [5.41, 5.74) is 5.99. The van der Waals surface area contributed by atoms with Crippen molar-refractivity contribution >= 4 is 23.2 Å². The van der Waals surface area contributed by atoms with Gasteiger partial charge in [0.15, 0.2) is 0 Å². The van der Waals surface area contributed by atoms with Gasteiger partial charge in [0.25, 0.3) is 0 Å². The van der Waals surface area contributed by atoms with E-state index in [1.165, 1.54) is 0 Å². The highest BCUT2D eigenvalue weighted by atomic mass is 35.5. The lowest BCUT2D eigenvalue weighted by molar-refractivity contribution is 0.437. The Labute approximate surface area is 80.3 Å². The van der Waals surface area contributed by atoms with E-state index >= 15 is 0 Å². The molecule has 0 amide bonds. The fraction of sp³-hybridized carbons (Fsp3) is 0.250. The van der Waals surface area contributed by atoms with Crippen molar-refractivity contribution in [1.82, 2.24) is 0 Å². The number of hydrogen-bond acceptors (Lipinski definition) is 1. The summed E-state index contributed by atoms with van der Waals surface area (Å²) in [6, 6.07) is 4.31. The molecule has 66 valence electrons. The third-order valence-electron chi connectivity index (χ3n) is 1.55. The highest BCUT2D eigenvalue weighted by Gasteiger charge is 2.11. The number of halogens is 3. The molecular formula is C8H8Cl2FN. The molecule has 4 heteroatoms. The Morgan fingerprint density at radius 3 is 2.67 bits per heavy atom. The monoisotopic (exact) mass is 207 g/mol. The van der Waals surface area contributed by atoms with E-state index in [1.54, 1.807) is 18.2 Å². The first-order valence-corrected chi connectivity index (χ1v) is 4.18. The lowest BCUT2D eigenvalue weighted by Gasteiger charge is -2.09. The van der Waals surface area contributed by atoms with Crippen LogP contribution in [-0.2, 0) is 0 Å². The summed E-state index contributed by atoms with van der Waals surface area (Å²) < 4.78 is 12.2. The van der Waals surface area contributed by atoms with Crippen molar-refractivity contribution in [3.05, 3.63) is 33.8 Å². The summed E-state index contributed by atoms with van der Waals surface area (Å²) in [7, 11) is 0. The Bertz CT molecular complexity index is 278. The maximum absolute atomic E-state index is 12.2. The first-order valence-electron chi connectivity index (χ1n) is 3.42. The molecule has 0 heterocycles. The molecule has 0 aliphatic heterocycles. The molecule has 2 N–H and O–H groups in total. The first-order chi connectivity index (χ1) is 5.66. The van der Waals surface area contributed by atoms with Crippen molar-refractivity contribution < 1.29 is 4.39 Å². The molecule has 1 nitrogen and oxygen atoms in total. The zero-order valence-electron chi connectivity index (χ0n) is 6.23. The third-order valence-corrected chi connectivity index (χ3v) is 2.38. The number of hydrogen-bond donors (Lipinski definition) is 1. The topological polar surface area (TPSA) is 26.0 Å². The van der Waals surface area contributed by atoms with E-state index in [-0.39, 0.29) is 0 Å². The minimum atomic E-state index is -0.684. The van der Waals surface area contributed by atoms with Crippen LogP contribution in [0.5, 0.6) is 0 Å². The molecule has 1 unspecified atom stereocenters. The van der Waals surface area contributed by atoms with Gasteiger partial charge < -0.3 is 5.73 Å². The summed E-state index contributed by atoms with van der Waals surface area (Å²) in [5.74, 6) is 0. The van der Waals surface area contributed by atoms with E-state index in [0.717, 1.165) is 0 Å².